The highest BCUT2D eigenvalue weighted by atomic mass is 32.2. The predicted molar refractivity (Wildman–Crippen MR) is 131 cm³/mol. The van der Waals surface area contributed by atoms with Crippen LogP contribution in [0.1, 0.15) is 31.2 Å². The SMILES string of the molecule is CSc1cc([C@@H]2CCCN([C@@H](C)C(=O)Nc3ccc(Oc4ccc(F)cc4)cn3)C2)c[nH]c1=O. The molecule has 1 amide bonds. The summed E-state index contributed by atoms with van der Waals surface area (Å²) in [6, 6.07) is 10.7. The van der Waals surface area contributed by atoms with Crippen LogP contribution >= 0.6 is 11.8 Å². The van der Waals surface area contributed by atoms with Gasteiger partial charge in [0.1, 0.15) is 23.1 Å². The van der Waals surface area contributed by atoms with E-state index in [0.717, 1.165) is 31.5 Å². The summed E-state index contributed by atoms with van der Waals surface area (Å²) in [7, 11) is 0. The first-order chi connectivity index (χ1) is 16.4. The zero-order chi connectivity index (χ0) is 24.1. The molecule has 4 rings (SSSR count). The molecule has 0 unspecified atom stereocenters. The van der Waals surface area contributed by atoms with Crippen LogP contribution in [0.15, 0.2) is 64.5 Å². The largest absolute Gasteiger partial charge is 0.456 e. The van der Waals surface area contributed by atoms with Crippen molar-refractivity contribution in [3.05, 3.63) is 76.6 Å². The summed E-state index contributed by atoms with van der Waals surface area (Å²) in [5.41, 5.74) is 1.03. The third-order valence-electron chi connectivity index (χ3n) is 6.00. The summed E-state index contributed by atoms with van der Waals surface area (Å²) in [6.45, 7) is 3.47. The summed E-state index contributed by atoms with van der Waals surface area (Å²) in [5, 5.41) is 2.87. The van der Waals surface area contributed by atoms with E-state index in [-0.39, 0.29) is 29.2 Å². The number of nitrogens with one attached hydrogen (secondary N) is 2. The van der Waals surface area contributed by atoms with Crippen LogP contribution in [0.2, 0.25) is 0 Å². The molecule has 1 fully saturated rings. The van der Waals surface area contributed by atoms with Crippen molar-refractivity contribution in [3.63, 3.8) is 0 Å². The number of hydrogen-bond acceptors (Lipinski definition) is 6. The molecule has 178 valence electrons. The van der Waals surface area contributed by atoms with Gasteiger partial charge in [0.15, 0.2) is 0 Å². The number of hydrogen-bond donors (Lipinski definition) is 2. The lowest BCUT2D eigenvalue weighted by Crippen LogP contribution is -2.46. The number of piperidine rings is 1. The molecule has 1 saturated heterocycles. The topological polar surface area (TPSA) is 87.3 Å². The van der Waals surface area contributed by atoms with Crippen molar-refractivity contribution in [2.45, 2.75) is 36.6 Å². The second-order valence-electron chi connectivity index (χ2n) is 8.26. The van der Waals surface area contributed by atoms with Crippen molar-refractivity contribution in [1.29, 1.82) is 0 Å². The van der Waals surface area contributed by atoms with Gasteiger partial charge in [-0.25, -0.2) is 9.37 Å². The average Bonchev–Trinajstić information content (AvgIpc) is 2.86. The first-order valence-electron chi connectivity index (χ1n) is 11.1. The number of halogens is 1. The Balaban J connectivity index is 1.35. The van der Waals surface area contributed by atoms with E-state index in [0.29, 0.717) is 22.2 Å². The Bertz CT molecular complexity index is 1180. The van der Waals surface area contributed by atoms with Crippen molar-refractivity contribution in [2.24, 2.45) is 0 Å². The lowest BCUT2D eigenvalue weighted by atomic mass is 9.91. The Kier molecular flexibility index (Phi) is 7.64. The molecule has 0 aliphatic carbocycles. The van der Waals surface area contributed by atoms with Crippen LogP contribution in [0.4, 0.5) is 10.2 Å². The van der Waals surface area contributed by atoms with E-state index in [1.807, 2.05) is 19.2 Å². The minimum atomic E-state index is -0.332. The highest BCUT2D eigenvalue weighted by molar-refractivity contribution is 7.98. The maximum Gasteiger partial charge on any atom is 0.261 e. The molecule has 7 nitrogen and oxygen atoms in total. The van der Waals surface area contributed by atoms with E-state index >= 15 is 0 Å². The molecular formula is C25H27FN4O3S. The van der Waals surface area contributed by atoms with Gasteiger partial charge < -0.3 is 15.0 Å². The number of amides is 1. The van der Waals surface area contributed by atoms with Crippen LogP contribution in [0.25, 0.3) is 0 Å². The van der Waals surface area contributed by atoms with Gasteiger partial charge in [-0.05, 0) is 86.5 Å². The summed E-state index contributed by atoms with van der Waals surface area (Å²) >= 11 is 1.44. The standard InChI is InChI=1S/C25H27FN4O3S/c1-16(30-11-3-4-17(15-30)18-12-22(34-2)25(32)28-13-18)24(31)29-23-10-9-21(14-27-23)33-20-7-5-19(26)6-8-20/h5-10,12-14,16-17H,3-4,11,15H2,1-2H3,(H,28,32)(H,27,29,31)/t16-,17+/m0/s1. The number of rotatable bonds is 7. The lowest BCUT2D eigenvalue weighted by Gasteiger charge is -2.36. The molecule has 0 spiro atoms. The molecule has 1 aliphatic rings. The summed E-state index contributed by atoms with van der Waals surface area (Å²) in [5.74, 6) is 1.21. The molecule has 3 heterocycles. The number of anilines is 1. The fraction of sp³-hybridized carbons (Fsp3) is 0.320. The quantitative estimate of drug-likeness (QED) is 0.478. The number of benzene rings is 1. The number of thioether (sulfide) groups is 1. The van der Waals surface area contributed by atoms with E-state index in [4.69, 9.17) is 4.74 Å². The van der Waals surface area contributed by atoms with Crippen molar-refractivity contribution in [1.82, 2.24) is 14.9 Å². The monoisotopic (exact) mass is 482 g/mol. The fourth-order valence-corrected chi connectivity index (χ4v) is 4.54. The summed E-state index contributed by atoms with van der Waals surface area (Å²) < 4.78 is 18.7. The second-order valence-corrected chi connectivity index (χ2v) is 9.11. The van der Waals surface area contributed by atoms with Crippen molar-refractivity contribution in [3.8, 4) is 11.5 Å². The van der Waals surface area contributed by atoms with E-state index in [1.54, 1.807) is 18.3 Å². The molecule has 1 aliphatic heterocycles. The predicted octanol–water partition coefficient (Wildman–Crippen LogP) is 4.63. The number of H-pyrrole nitrogens is 1. The highest BCUT2D eigenvalue weighted by Crippen LogP contribution is 2.29. The van der Waals surface area contributed by atoms with Crippen LogP contribution in [-0.4, -0.2) is 46.2 Å². The zero-order valence-electron chi connectivity index (χ0n) is 19.1. The fourth-order valence-electron chi connectivity index (χ4n) is 4.05. The Morgan fingerprint density at radius 2 is 2.03 bits per heavy atom. The summed E-state index contributed by atoms with van der Waals surface area (Å²) in [6.07, 6.45) is 7.19. The number of ether oxygens (including phenoxy) is 1. The third kappa shape index (κ3) is 5.84. The highest BCUT2D eigenvalue weighted by Gasteiger charge is 2.28. The third-order valence-corrected chi connectivity index (χ3v) is 6.74. The molecular weight excluding hydrogens is 455 g/mol. The van der Waals surface area contributed by atoms with E-state index in [2.05, 4.69) is 20.2 Å². The number of carbonyl (C=O) groups excluding carboxylic acids is 1. The van der Waals surface area contributed by atoms with Gasteiger partial charge in [-0.2, -0.15) is 0 Å². The lowest BCUT2D eigenvalue weighted by molar-refractivity contribution is -0.121. The zero-order valence-corrected chi connectivity index (χ0v) is 19.9. The van der Waals surface area contributed by atoms with Crippen molar-refractivity contribution < 1.29 is 13.9 Å². The van der Waals surface area contributed by atoms with Gasteiger partial charge in [0.05, 0.1) is 17.1 Å². The molecule has 2 aromatic heterocycles. The second kappa shape index (κ2) is 10.8. The van der Waals surface area contributed by atoms with Crippen molar-refractivity contribution in [2.75, 3.05) is 24.7 Å². The van der Waals surface area contributed by atoms with Crippen LogP contribution in [0.5, 0.6) is 11.5 Å². The van der Waals surface area contributed by atoms with Gasteiger partial charge >= 0.3 is 0 Å². The normalized spacial score (nSPS) is 17.2. The van der Waals surface area contributed by atoms with Crippen LogP contribution in [-0.2, 0) is 4.79 Å². The molecule has 0 radical (unpaired) electrons. The molecule has 9 heteroatoms. The van der Waals surface area contributed by atoms with Crippen LogP contribution in [0.3, 0.4) is 0 Å². The molecule has 2 N–H and O–H groups in total. The molecule has 34 heavy (non-hydrogen) atoms. The maximum absolute atomic E-state index is 13.0. The molecule has 2 atom stereocenters. The first-order valence-corrected chi connectivity index (χ1v) is 12.4. The number of aromatic nitrogens is 2. The Labute approximate surface area is 201 Å². The minimum absolute atomic E-state index is 0.0711. The van der Waals surface area contributed by atoms with Gasteiger partial charge in [0.25, 0.3) is 5.56 Å². The smallest absolute Gasteiger partial charge is 0.261 e. The van der Waals surface area contributed by atoms with Crippen LogP contribution in [0, 0.1) is 5.82 Å². The Morgan fingerprint density at radius 3 is 2.74 bits per heavy atom. The number of likely N-dealkylation sites (tertiary alicyclic amines) is 1. The number of aromatic amines is 1. The average molecular weight is 483 g/mol. The molecule has 3 aromatic rings. The molecule has 1 aromatic carbocycles. The van der Waals surface area contributed by atoms with Gasteiger partial charge in [-0.1, -0.05) is 0 Å². The van der Waals surface area contributed by atoms with Gasteiger partial charge in [-0.3, -0.25) is 14.5 Å². The molecule has 0 saturated carbocycles. The minimum Gasteiger partial charge on any atom is -0.456 e. The Hall–Kier alpha value is -3.17. The van der Waals surface area contributed by atoms with Gasteiger partial charge in [0.2, 0.25) is 5.91 Å². The van der Waals surface area contributed by atoms with Gasteiger partial charge in [0, 0.05) is 12.7 Å². The number of carbonyl (C=O) groups is 1. The Morgan fingerprint density at radius 1 is 1.26 bits per heavy atom. The van der Waals surface area contributed by atoms with Crippen LogP contribution < -0.4 is 15.6 Å². The maximum atomic E-state index is 13.0. The van der Waals surface area contributed by atoms with E-state index in [1.165, 1.54) is 42.2 Å². The van der Waals surface area contributed by atoms with E-state index in [9.17, 15) is 14.0 Å². The van der Waals surface area contributed by atoms with Gasteiger partial charge in [-0.15, -0.1) is 11.8 Å². The summed E-state index contributed by atoms with van der Waals surface area (Å²) in [4.78, 5) is 34.7. The van der Waals surface area contributed by atoms with E-state index < -0.39 is 0 Å². The molecule has 0 bridgehead atoms. The first kappa shape index (κ1) is 24.0. The van der Waals surface area contributed by atoms with Crippen molar-refractivity contribution >= 4 is 23.5 Å². The number of pyridine rings is 2. The number of nitrogens with zero attached hydrogens (tertiary/aromatic N) is 2.